The number of benzene rings is 1. The molecule has 1 aromatic carbocycles. The van der Waals surface area contributed by atoms with Crippen molar-refractivity contribution >= 4 is 17.3 Å². The molecular formula is C13H14ClN3O2. The second-order valence-electron chi connectivity index (χ2n) is 4.58. The molecule has 0 saturated carbocycles. The molecule has 0 amide bonds. The van der Waals surface area contributed by atoms with E-state index in [9.17, 15) is 0 Å². The molecule has 0 bridgehead atoms. The van der Waals surface area contributed by atoms with Crippen molar-refractivity contribution in [2.45, 2.75) is 18.8 Å². The minimum Gasteiger partial charge on any atom is -0.398 e. The van der Waals surface area contributed by atoms with Gasteiger partial charge in [0.05, 0.1) is 17.2 Å². The fourth-order valence-corrected chi connectivity index (χ4v) is 2.48. The number of aromatic nitrogens is 2. The van der Waals surface area contributed by atoms with Crippen LogP contribution in [0.25, 0.3) is 11.5 Å². The van der Waals surface area contributed by atoms with Crippen LogP contribution in [0, 0.1) is 0 Å². The van der Waals surface area contributed by atoms with E-state index in [0.717, 1.165) is 19.4 Å². The minimum absolute atomic E-state index is 0.190. The molecule has 100 valence electrons. The van der Waals surface area contributed by atoms with Gasteiger partial charge in [0.25, 0.3) is 5.89 Å². The van der Waals surface area contributed by atoms with Crippen LogP contribution in [0.15, 0.2) is 22.7 Å². The molecule has 1 atom stereocenters. The van der Waals surface area contributed by atoms with Gasteiger partial charge in [-0.25, -0.2) is 0 Å². The molecule has 0 spiro atoms. The molecule has 1 aliphatic heterocycles. The Morgan fingerprint density at radius 2 is 2.26 bits per heavy atom. The van der Waals surface area contributed by atoms with Crippen molar-refractivity contribution in [3.8, 4) is 11.5 Å². The SMILES string of the molecule is Nc1cccc(Cl)c1-c1nc(C2CCCOC2)no1. The molecule has 1 saturated heterocycles. The summed E-state index contributed by atoms with van der Waals surface area (Å²) in [5.41, 5.74) is 7.03. The van der Waals surface area contributed by atoms with Crippen LogP contribution in [0.5, 0.6) is 0 Å². The zero-order chi connectivity index (χ0) is 13.2. The Morgan fingerprint density at radius 3 is 3.00 bits per heavy atom. The van der Waals surface area contributed by atoms with Crippen LogP contribution >= 0.6 is 11.6 Å². The fourth-order valence-electron chi connectivity index (χ4n) is 2.21. The Bertz CT molecular complexity index is 559. The molecule has 19 heavy (non-hydrogen) atoms. The normalized spacial score (nSPS) is 19.5. The summed E-state index contributed by atoms with van der Waals surface area (Å²) in [4.78, 5) is 4.40. The smallest absolute Gasteiger partial charge is 0.261 e. The van der Waals surface area contributed by atoms with E-state index in [1.165, 1.54) is 0 Å². The first kappa shape index (κ1) is 12.4. The Kier molecular flexibility index (Phi) is 3.40. The van der Waals surface area contributed by atoms with Crippen LogP contribution in [0.4, 0.5) is 5.69 Å². The summed E-state index contributed by atoms with van der Waals surface area (Å²) in [7, 11) is 0. The highest BCUT2D eigenvalue weighted by atomic mass is 35.5. The second kappa shape index (κ2) is 5.19. The van der Waals surface area contributed by atoms with Crippen molar-refractivity contribution in [3.63, 3.8) is 0 Å². The minimum atomic E-state index is 0.190. The summed E-state index contributed by atoms with van der Waals surface area (Å²) >= 11 is 6.13. The number of hydrogen-bond acceptors (Lipinski definition) is 5. The predicted molar refractivity (Wildman–Crippen MR) is 72.0 cm³/mol. The van der Waals surface area contributed by atoms with Crippen molar-refractivity contribution in [1.29, 1.82) is 0 Å². The van der Waals surface area contributed by atoms with Crippen molar-refractivity contribution < 1.29 is 9.26 Å². The van der Waals surface area contributed by atoms with Crippen LogP contribution in [0.1, 0.15) is 24.6 Å². The average molecular weight is 280 g/mol. The zero-order valence-electron chi connectivity index (χ0n) is 10.3. The number of anilines is 1. The van der Waals surface area contributed by atoms with Crippen LogP contribution in [-0.4, -0.2) is 23.4 Å². The Hall–Kier alpha value is -1.59. The van der Waals surface area contributed by atoms with Crippen LogP contribution in [0.3, 0.4) is 0 Å². The van der Waals surface area contributed by atoms with Gasteiger partial charge in [0.15, 0.2) is 5.82 Å². The van der Waals surface area contributed by atoms with Crippen molar-refractivity contribution in [1.82, 2.24) is 10.1 Å². The standard InChI is InChI=1S/C13H14ClN3O2/c14-9-4-1-5-10(15)11(9)13-16-12(17-19-13)8-3-2-6-18-7-8/h1,4-5,8H,2-3,6-7,15H2. The Balaban J connectivity index is 1.92. The lowest BCUT2D eigenvalue weighted by Crippen LogP contribution is -2.16. The van der Waals surface area contributed by atoms with Gasteiger partial charge in [0.1, 0.15) is 0 Å². The van der Waals surface area contributed by atoms with Gasteiger partial charge in [0.2, 0.25) is 0 Å². The molecule has 3 rings (SSSR count). The fraction of sp³-hybridized carbons (Fsp3) is 0.385. The summed E-state index contributed by atoms with van der Waals surface area (Å²) in [5.74, 6) is 1.22. The van der Waals surface area contributed by atoms with E-state index < -0.39 is 0 Å². The van der Waals surface area contributed by atoms with Gasteiger partial charge in [-0.2, -0.15) is 4.98 Å². The van der Waals surface area contributed by atoms with Crippen LogP contribution in [-0.2, 0) is 4.74 Å². The number of nitrogens with two attached hydrogens (primary N) is 1. The average Bonchev–Trinajstić information content (AvgIpc) is 2.89. The maximum Gasteiger partial charge on any atom is 0.261 e. The molecule has 1 fully saturated rings. The van der Waals surface area contributed by atoms with Gasteiger partial charge in [0, 0.05) is 18.2 Å². The van der Waals surface area contributed by atoms with Gasteiger partial charge in [-0.1, -0.05) is 22.8 Å². The molecule has 0 aliphatic carbocycles. The first-order valence-corrected chi connectivity index (χ1v) is 6.59. The van der Waals surface area contributed by atoms with E-state index in [1.807, 2.05) is 0 Å². The number of hydrogen-bond donors (Lipinski definition) is 1. The summed E-state index contributed by atoms with van der Waals surface area (Å²) < 4.78 is 10.7. The first-order valence-electron chi connectivity index (χ1n) is 6.21. The lowest BCUT2D eigenvalue weighted by molar-refractivity contribution is 0.0773. The van der Waals surface area contributed by atoms with Gasteiger partial charge in [-0.3, -0.25) is 0 Å². The third-order valence-electron chi connectivity index (χ3n) is 3.23. The van der Waals surface area contributed by atoms with Crippen molar-refractivity contribution in [2.75, 3.05) is 18.9 Å². The molecule has 1 aliphatic rings. The van der Waals surface area contributed by atoms with Crippen LogP contribution in [0.2, 0.25) is 5.02 Å². The molecule has 2 aromatic rings. The summed E-state index contributed by atoms with van der Waals surface area (Å²) in [5, 5.41) is 4.53. The van der Waals surface area contributed by atoms with Gasteiger partial charge >= 0.3 is 0 Å². The largest absolute Gasteiger partial charge is 0.398 e. The molecule has 2 heterocycles. The van der Waals surface area contributed by atoms with Crippen molar-refractivity contribution in [2.24, 2.45) is 0 Å². The number of ether oxygens (including phenoxy) is 1. The molecular weight excluding hydrogens is 266 g/mol. The number of rotatable bonds is 2. The summed E-state index contributed by atoms with van der Waals surface area (Å²) in [6, 6.07) is 5.29. The van der Waals surface area contributed by atoms with Crippen molar-refractivity contribution in [3.05, 3.63) is 29.0 Å². The quantitative estimate of drug-likeness (QED) is 0.856. The highest BCUT2D eigenvalue weighted by Crippen LogP contribution is 2.33. The van der Waals surface area contributed by atoms with Crippen LogP contribution < -0.4 is 5.73 Å². The van der Waals surface area contributed by atoms with E-state index in [0.29, 0.717) is 34.6 Å². The summed E-state index contributed by atoms with van der Waals surface area (Å²) in [6.45, 7) is 1.44. The summed E-state index contributed by atoms with van der Waals surface area (Å²) in [6.07, 6.45) is 2.03. The Morgan fingerprint density at radius 1 is 1.37 bits per heavy atom. The predicted octanol–water partition coefficient (Wildman–Crippen LogP) is 2.87. The molecule has 6 heteroatoms. The van der Waals surface area contributed by atoms with Gasteiger partial charge in [-0.05, 0) is 25.0 Å². The lowest BCUT2D eigenvalue weighted by Gasteiger charge is -2.18. The molecule has 2 N–H and O–H groups in total. The van der Waals surface area contributed by atoms with E-state index in [-0.39, 0.29) is 5.92 Å². The maximum atomic E-state index is 6.13. The van der Waals surface area contributed by atoms with Gasteiger partial charge < -0.3 is 15.0 Å². The third kappa shape index (κ3) is 2.43. The number of nitrogen functional groups attached to an aromatic ring is 1. The Labute approximate surface area is 115 Å². The molecule has 0 radical (unpaired) electrons. The van der Waals surface area contributed by atoms with E-state index in [4.69, 9.17) is 26.6 Å². The molecule has 1 aromatic heterocycles. The first-order chi connectivity index (χ1) is 9.25. The number of halogens is 1. The highest BCUT2D eigenvalue weighted by Gasteiger charge is 2.23. The highest BCUT2D eigenvalue weighted by molar-refractivity contribution is 6.33. The lowest BCUT2D eigenvalue weighted by atomic mass is 10.0. The maximum absolute atomic E-state index is 6.13. The van der Waals surface area contributed by atoms with E-state index >= 15 is 0 Å². The monoisotopic (exact) mass is 279 g/mol. The molecule has 1 unspecified atom stereocenters. The zero-order valence-corrected chi connectivity index (χ0v) is 11.1. The molecule has 5 nitrogen and oxygen atoms in total. The third-order valence-corrected chi connectivity index (χ3v) is 3.54. The van der Waals surface area contributed by atoms with E-state index in [1.54, 1.807) is 18.2 Å². The topological polar surface area (TPSA) is 74.2 Å². The second-order valence-corrected chi connectivity index (χ2v) is 4.98. The van der Waals surface area contributed by atoms with E-state index in [2.05, 4.69) is 10.1 Å². The van der Waals surface area contributed by atoms with Gasteiger partial charge in [-0.15, -0.1) is 0 Å². The number of nitrogens with zero attached hydrogens (tertiary/aromatic N) is 2.